The van der Waals surface area contributed by atoms with E-state index in [-0.39, 0.29) is 12.7 Å². The van der Waals surface area contributed by atoms with E-state index in [4.69, 9.17) is 4.74 Å². The maximum Gasteiger partial charge on any atom is 0.120 e. The van der Waals surface area contributed by atoms with E-state index in [0.717, 1.165) is 15.8 Å². The summed E-state index contributed by atoms with van der Waals surface area (Å²) in [6, 6.07) is 6.07. The van der Waals surface area contributed by atoms with E-state index in [0.29, 0.717) is 13.0 Å². The Balaban J connectivity index is 2.64. The van der Waals surface area contributed by atoms with Crippen LogP contribution in [0.5, 0.6) is 5.75 Å². The van der Waals surface area contributed by atoms with Crippen LogP contribution in [0.1, 0.15) is 24.9 Å². The molecule has 0 heterocycles. The highest BCUT2D eigenvalue weighted by molar-refractivity contribution is 9.10. The number of methoxy groups -OCH3 is 1. The van der Waals surface area contributed by atoms with Gasteiger partial charge in [-0.25, -0.2) is 0 Å². The largest absolute Gasteiger partial charge is 0.497 e. The van der Waals surface area contributed by atoms with Crippen molar-refractivity contribution in [2.75, 3.05) is 20.3 Å². The van der Waals surface area contributed by atoms with E-state index in [9.17, 15) is 4.39 Å². The Morgan fingerprint density at radius 2 is 2.25 bits per heavy atom. The Hall–Kier alpha value is -0.610. The first-order valence-electron chi connectivity index (χ1n) is 5.31. The molecule has 90 valence electrons. The smallest absolute Gasteiger partial charge is 0.120 e. The molecule has 1 unspecified atom stereocenters. The van der Waals surface area contributed by atoms with Crippen LogP contribution < -0.4 is 10.1 Å². The molecule has 0 aromatic heterocycles. The van der Waals surface area contributed by atoms with Crippen molar-refractivity contribution in [2.24, 2.45) is 0 Å². The second-order valence-electron chi connectivity index (χ2n) is 3.61. The summed E-state index contributed by atoms with van der Waals surface area (Å²) in [7, 11) is 1.64. The monoisotopic (exact) mass is 289 g/mol. The van der Waals surface area contributed by atoms with Gasteiger partial charge in [0.25, 0.3) is 0 Å². The number of ether oxygens (including phenoxy) is 1. The molecule has 0 radical (unpaired) electrons. The minimum absolute atomic E-state index is 0.201. The highest BCUT2D eigenvalue weighted by atomic mass is 79.9. The Bertz CT molecular complexity index is 333. The summed E-state index contributed by atoms with van der Waals surface area (Å²) in [5, 5.41) is 3.27. The molecule has 0 bridgehead atoms. The molecular formula is C12H17BrFNO. The third-order valence-corrected chi connectivity index (χ3v) is 3.12. The molecule has 0 spiro atoms. The average Bonchev–Trinajstić information content (AvgIpc) is 2.29. The maximum atomic E-state index is 12.0. The molecule has 2 nitrogen and oxygen atoms in total. The van der Waals surface area contributed by atoms with Crippen molar-refractivity contribution >= 4 is 15.9 Å². The quantitative estimate of drug-likeness (QED) is 0.810. The summed E-state index contributed by atoms with van der Waals surface area (Å²) in [5.74, 6) is 0.826. The molecule has 0 aliphatic heterocycles. The molecular weight excluding hydrogens is 273 g/mol. The second kappa shape index (κ2) is 6.86. The van der Waals surface area contributed by atoms with Gasteiger partial charge in [-0.15, -0.1) is 0 Å². The minimum atomic E-state index is -0.274. The average molecular weight is 290 g/mol. The number of hydrogen-bond donors (Lipinski definition) is 1. The zero-order chi connectivity index (χ0) is 12.0. The van der Waals surface area contributed by atoms with Gasteiger partial charge in [-0.2, -0.15) is 0 Å². The number of hydrogen-bond acceptors (Lipinski definition) is 2. The van der Waals surface area contributed by atoms with E-state index < -0.39 is 0 Å². The van der Waals surface area contributed by atoms with E-state index in [2.05, 4.69) is 28.2 Å². The SMILES string of the molecule is COc1ccc(C(C)NCCCF)c(Br)c1. The number of halogens is 2. The van der Waals surface area contributed by atoms with Crippen LogP contribution in [0.25, 0.3) is 0 Å². The van der Waals surface area contributed by atoms with E-state index in [1.165, 1.54) is 0 Å². The molecule has 1 atom stereocenters. The lowest BCUT2D eigenvalue weighted by molar-refractivity contribution is 0.413. The summed E-state index contributed by atoms with van der Waals surface area (Å²) >= 11 is 3.50. The summed E-state index contributed by atoms with van der Waals surface area (Å²) in [6.45, 7) is 2.48. The Labute approximate surface area is 104 Å². The van der Waals surface area contributed by atoms with Crippen molar-refractivity contribution in [2.45, 2.75) is 19.4 Å². The molecule has 4 heteroatoms. The lowest BCUT2D eigenvalue weighted by atomic mass is 10.1. The van der Waals surface area contributed by atoms with Gasteiger partial charge in [-0.1, -0.05) is 22.0 Å². The van der Waals surface area contributed by atoms with Crippen LogP contribution in [0.3, 0.4) is 0 Å². The first kappa shape index (κ1) is 13.5. The fourth-order valence-corrected chi connectivity index (χ4v) is 2.18. The van der Waals surface area contributed by atoms with Gasteiger partial charge < -0.3 is 10.1 Å². The molecule has 0 aliphatic rings. The van der Waals surface area contributed by atoms with E-state index in [1.807, 2.05) is 18.2 Å². The fraction of sp³-hybridized carbons (Fsp3) is 0.500. The zero-order valence-electron chi connectivity index (χ0n) is 9.59. The van der Waals surface area contributed by atoms with Gasteiger partial charge in [-0.05, 0) is 37.6 Å². The van der Waals surface area contributed by atoms with Crippen molar-refractivity contribution in [1.82, 2.24) is 5.32 Å². The first-order valence-corrected chi connectivity index (χ1v) is 6.11. The normalized spacial score (nSPS) is 12.5. The highest BCUT2D eigenvalue weighted by Crippen LogP contribution is 2.27. The number of nitrogens with one attached hydrogen (secondary N) is 1. The van der Waals surface area contributed by atoms with E-state index in [1.54, 1.807) is 7.11 Å². The van der Waals surface area contributed by atoms with Gasteiger partial charge in [0.2, 0.25) is 0 Å². The molecule has 16 heavy (non-hydrogen) atoms. The standard InChI is InChI=1S/C12H17BrFNO/c1-9(15-7-3-6-14)11-5-4-10(16-2)8-12(11)13/h4-5,8-9,15H,3,6-7H2,1-2H3. The van der Waals surface area contributed by atoms with Gasteiger partial charge in [0.15, 0.2) is 0 Å². The molecule has 0 saturated carbocycles. The van der Waals surface area contributed by atoms with Gasteiger partial charge >= 0.3 is 0 Å². The molecule has 1 aromatic carbocycles. The molecule has 0 aliphatic carbocycles. The zero-order valence-corrected chi connectivity index (χ0v) is 11.2. The highest BCUT2D eigenvalue weighted by Gasteiger charge is 2.09. The maximum absolute atomic E-state index is 12.0. The predicted molar refractivity (Wildman–Crippen MR) is 67.7 cm³/mol. The predicted octanol–water partition coefficient (Wildman–Crippen LogP) is 3.47. The van der Waals surface area contributed by atoms with Gasteiger partial charge in [0.1, 0.15) is 5.75 Å². The topological polar surface area (TPSA) is 21.3 Å². The molecule has 0 fully saturated rings. The van der Waals surface area contributed by atoms with Crippen LogP contribution in [0, 0.1) is 0 Å². The molecule has 1 aromatic rings. The Kier molecular flexibility index (Phi) is 5.77. The van der Waals surface area contributed by atoms with Crippen molar-refractivity contribution in [3.63, 3.8) is 0 Å². The summed E-state index contributed by atoms with van der Waals surface area (Å²) in [5.41, 5.74) is 1.15. The number of alkyl halides is 1. The lowest BCUT2D eigenvalue weighted by Crippen LogP contribution is -2.20. The van der Waals surface area contributed by atoms with Crippen LogP contribution in [-0.4, -0.2) is 20.3 Å². The second-order valence-corrected chi connectivity index (χ2v) is 4.46. The van der Waals surface area contributed by atoms with Crippen molar-refractivity contribution < 1.29 is 9.13 Å². The number of benzene rings is 1. The Morgan fingerprint density at radius 3 is 2.81 bits per heavy atom. The summed E-state index contributed by atoms with van der Waals surface area (Å²) < 4.78 is 18.1. The van der Waals surface area contributed by atoms with Crippen molar-refractivity contribution in [3.05, 3.63) is 28.2 Å². The Morgan fingerprint density at radius 1 is 1.50 bits per heavy atom. The number of rotatable bonds is 6. The molecule has 0 saturated heterocycles. The molecule has 1 rings (SSSR count). The third-order valence-electron chi connectivity index (χ3n) is 2.44. The first-order chi connectivity index (χ1) is 7.69. The van der Waals surface area contributed by atoms with Crippen molar-refractivity contribution in [1.29, 1.82) is 0 Å². The summed E-state index contributed by atoms with van der Waals surface area (Å²) in [4.78, 5) is 0. The molecule has 1 N–H and O–H groups in total. The lowest BCUT2D eigenvalue weighted by Gasteiger charge is -2.16. The van der Waals surface area contributed by atoms with Crippen molar-refractivity contribution in [3.8, 4) is 5.75 Å². The van der Waals surface area contributed by atoms with Crippen LogP contribution in [-0.2, 0) is 0 Å². The van der Waals surface area contributed by atoms with Gasteiger partial charge in [-0.3, -0.25) is 4.39 Å². The van der Waals surface area contributed by atoms with Gasteiger partial charge in [0, 0.05) is 10.5 Å². The van der Waals surface area contributed by atoms with Crippen LogP contribution in [0.4, 0.5) is 4.39 Å². The molecule has 0 amide bonds. The van der Waals surface area contributed by atoms with Crippen LogP contribution >= 0.6 is 15.9 Å². The van der Waals surface area contributed by atoms with E-state index >= 15 is 0 Å². The fourth-order valence-electron chi connectivity index (χ4n) is 1.48. The van der Waals surface area contributed by atoms with Gasteiger partial charge in [0.05, 0.1) is 13.8 Å². The third kappa shape index (κ3) is 3.76. The summed E-state index contributed by atoms with van der Waals surface area (Å²) in [6.07, 6.45) is 0.554. The van der Waals surface area contributed by atoms with Crippen LogP contribution in [0.2, 0.25) is 0 Å². The van der Waals surface area contributed by atoms with Crippen LogP contribution in [0.15, 0.2) is 22.7 Å². The minimum Gasteiger partial charge on any atom is -0.497 e.